The number of aryl methyl sites for hydroxylation is 3. The Balaban J connectivity index is 2.43. The predicted molar refractivity (Wildman–Crippen MR) is 92.8 cm³/mol. The molecule has 0 heterocycles. The molecule has 2 aromatic carbocycles. The van der Waals surface area contributed by atoms with E-state index in [1.54, 1.807) is 13.0 Å². The van der Waals surface area contributed by atoms with Gasteiger partial charge in [-0.15, -0.1) is 0 Å². The summed E-state index contributed by atoms with van der Waals surface area (Å²) >= 11 is 0. The zero-order valence-corrected chi connectivity index (χ0v) is 14.6. The molecule has 0 radical (unpaired) electrons. The van der Waals surface area contributed by atoms with Crippen LogP contribution in [0, 0.1) is 13.8 Å². The lowest BCUT2D eigenvalue weighted by Gasteiger charge is -2.14. The fourth-order valence-corrected chi connectivity index (χ4v) is 3.11. The van der Waals surface area contributed by atoms with E-state index in [0.29, 0.717) is 5.56 Å². The second-order valence-corrected chi connectivity index (χ2v) is 7.68. The topological polar surface area (TPSA) is 63.2 Å². The van der Waals surface area contributed by atoms with Crippen molar-refractivity contribution >= 4 is 21.4 Å². The highest BCUT2D eigenvalue weighted by Gasteiger charge is 2.16. The Morgan fingerprint density at radius 1 is 1.09 bits per heavy atom. The van der Waals surface area contributed by atoms with Crippen molar-refractivity contribution in [3.8, 4) is 0 Å². The molecule has 0 aliphatic heterocycles. The standard InChI is InChI=1S/C18H21NO3S/c1-5-14-8-6-7-13(3)17(14)19-18(20)16-11-15(23(4,21)22)10-9-12(16)2/h6-11H,5H2,1-4H3,(H,19,20). The lowest BCUT2D eigenvalue weighted by atomic mass is 10.0. The van der Waals surface area contributed by atoms with Crippen molar-refractivity contribution in [2.24, 2.45) is 0 Å². The van der Waals surface area contributed by atoms with Gasteiger partial charge in [0.15, 0.2) is 9.84 Å². The number of hydrogen-bond donors (Lipinski definition) is 1. The number of benzene rings is 2. The minimum atomic E-state index is -3.35. The van der Waals surface area contributed by atoms with Crippen molar-refractivity contribution in [3.05, 3.63) is 58.7 Å². The van der Waals surface area contributed by atoms with Crippen molar-refractivity contribution in [1.82, 2.24) is 0 Å². The number of rotatable bonds is 4. The Kier molecular flexibility index (Phi) is 4.90. The van der Waals surface area contributed by atoms with Crippen LogP contribution in [0.25, 0.3) is 0 Å². The highest BCUT2D eigenvalue weighted by Crippen LogP contribution is 2.23. The third kappa shape index (κ3) is 3.79. The molecule has 23 heavy (non-hydrogen) atoms. The van der Waals surface area contributed by atoms with Crippen LogP contribution >= 0.6 is 0 Å². The van der Waals surface area contributed by atoms with E-state index in [9.17, 15) is 13.2 Å². The SMILES string of the molecule is CCc1cccc(C)c1NC(=O)c1cc(S(C)(=O)=O)ccc1C. The average Bonchev–Trinajstić information content (AvgIpc) is 2.48. The summed E-state index contributed by atoms with van der Waals surface area (Å²) in [6.45, 7) is 5.76. The fourth-order valence-electron chi connectivity index (χ4n) is 2.46. The van der Waals surface area contributed by atoms with Gasteiger partial charge in [0.05, 0.1) is 4.90 Å². The summed E-state index contributed by atoms with van der Waals surface area (Å²) in [5, 5.41) is 2.93. The van der Waals surface area contributed by atoms with Crippen molar-refractivity contribution in [1.29, 1.82) is 0 Å². The van der Waals surface area contributed by atoms with Crippen LogP contribution in [0.5, 0.6) is 0 Å². The van der Waals surface area contributed by atoms with E-state index in [1.165, 1.54) is 12.1 Å². The Bertz CT molecular complexity index is 855. The van der Waals surface area contributed by atoms with Gasteiger partial charge in [-0.25, -0.2) is 8.42 Å². The number of carbonyl (C=O) groups excluding carboxylic acids is 1. The third-order valence-corrected chi connectivity index (χ3v) is 4.97. The fraction of sp³-hybridized carbons (Fsp3) is 0.278. The molecule has 0 atom stereocenters. The summed E-state index contributed by atoms with van der Waals surface area (Å²) in [6.07, 6.45) is 1.94. The zero-order chi connectivity index (χ0) is 17.2. The highest BCUT2D eigenvalue weighted by molar-refractivity contribution is 7.90. The van der Waals surface area contributed by atoms with Crippen LogP contribution in [0.2, 0.25) is 0 Å². The largest absolute Gasteiger partial charge is 0.321 e. The van der Waals surface area contributed by atoms with Crippen LogP contribution in [0.1, 0.15) is 34.0 Å². The van der Waals surface area contributed by atoms with Gasteiger partial charge in [-0.2, -0.15) is 0 Å². The van der Waals surface area contributed by atoms with E-state index in [0.717, 1.165) is 35.1 Å². The van der Waals surface area contributed by atoms with E-state index in [1.807, 2.05) is 32.0 Å². The van der Waals surface area contributed by atoms with Gasteiger partial charge in [0.25, 0.3) is 5.91 Å². The first-order valence-corrected chi connectivity index (χ1v) is 9.33. The Labute approximate surface area is 137 Å². The molecule has 2 aromatic rings. The quantitative estimate of drug-likeness (QED) is 0.932. The summed E-state index contributed by atoms with van der Waals surface area (Å²) in [4.78, 5) is 12.8. The Morgan fingerprint density at radius 2 is 1.78 bits per heavy atom. The smallest absolute Gasteiger partial charge is 0.255 e. The zero-order valence-electron chi connectivity index (χ0n) is 13.8. The normalized spacial score (nSPS) is 11.3. The van der Waals surface area contributed by atoms with E-state index >= 15 is 0 Å². The Hall–Kier alpha value is -2.14. The van der Waals surface area contributed by atoms with Gasteiger partial charge < -0.3 is 5.32 Å². The minimum absolute atomic E-state index is 0.147. The van der Waals surface area contributed by atoms with Crippen molar-refractivity contribution in [3.63, 3.8) is 0 Å². The van der Waals surface area contributed by atoms with Crippen LogP contribution in [-0.4, -0.2) is 20.6 Å². The van der Waals surface area contributed by atoms with Gasteiger partial charge in [0.1, 0.15) is 0 Å². The number of hydrogen-bond acceptors (Lipinski definition) is 3. The molecule has 5 heteroatoms. The molecule has 122 valence electrons. The summed E-state index contributed by atoms with van der Waals surface area (Å²) < 4.78 is 23.4. The first-order chi connectivity index (χ1) is 10.7. The maximum absolute atomic E-state index is 12.6. The van der Waals surface area contributed by atoms with E-state index in [-0.39, 0.29) is 10.8 Å². The number of anilines is 1. The molecular formula is C18H21NO3S. The maximum atomic E-state index is 12.6. The predicted octanol–water partition coefficient (Wildman–Crippen LogP) is 3.52. The number of para-hydroxylation sites is 1. The number of nitrogens with one attached hydrogen (secondary N) is 1. The van der Waals surface area contributed by atoms with Crippen LogP contribution < -0.4 is 5.32 Å². The molecule has 0 unspecified atom stereocenters. The first kappa shape index (κ1) is 17.2. The molecule has 0 fully saturated rings. The summed E-state index contributed by atoms with van der Waals surface area (Å²) in [7, 11) is -3.35. The molecular weight excluding hydrogens is 310 g/mol. The van der Waals surface area contributed by atoms with Gasteiger partial charge in [0, 0.05) is 17.5 Å². The second kappa shape index (κ2) is 6.54. The molecule has 4 nitrogen and oxygen atoms in total. The molecule has 0 aliphatic rings. The molecule has 0 bridgehead atoms. The van der Waals surface area contributed by atoms with Gasteiger partial charge in [-0.1, -0.05) is 31.2 Å². The third-order valence-electron chi connectivity index (χ3n) is 3.86. The van der Waals surface area contributed by atoms with Crippen molar-refractivity contribution < 1.29 is 13.2 Å². The molecule has 0 aromatic heterocycles. The van der Waals surface area contributed by atoms with Crippen molar-refractivity contribution in [2.45, 2.75) is 32.1 Å². The number of amides is 1. The van der Waals surface area contributed by atoms with E-state index in [4.69, 9.17) is 0 Å². The van der Waals surface area contributed by atoms with Crippen LogP contribution in [0.4, 0.5) is 5.69 Å². The monoisotopic (exact) mass is 331 g/mol. The van der Waals surface area contributed by atoms with Crippen LogP contribution in [0.15, 0.2) is 41.3 Å². The van der Waals surface area contributed by atoms with Crippen LogP contribution in [0.3, 0.4) is 0 Å². The second-order valence-electron chi connectivity index (χ2n) is 5.67. The number of sulfone groups is 1. The molecule has 1 N–H and O–H groups in total. The number of carbonyl (C=O) groups is 1. The minimum Gasteiger partial charge on any atom is -0.321 e. The summed E-state index contributed by atoms with van der Waals surface area (Å²) in [5.41, 5.74) is 3.94. The summed E-state index contributed by atoms with van der Waals surface area (Å²) in [6, 6.07) is 10.5. The molecule has 0 saturated carbocycles. The molecule has 0 aliphatic carbocycles. The van der Waals surface area contributed by atoms with Gasteiger partial charge in [-0.05, 0) is 49.1 Å². The lowest BCUT2D eigenvalue weighted by Crippen LogP contribution is -2.16. The van der Waals surface area contributed by atoms with Gasteiger partial charge in [-0.3, -0.25) is 4.79 Å². The first-order valence-electron chi connectivity index (χ1n) is 7.44. The average molecular weight is 331 g/mol. The summed E-state index contributed by atoms with van der Waals surface area (Å²) in [5.74, 6) is -0.294. The molecule has 0 spiro atoms. The molecule has 1 amide bonds. The van der Waals surface area contributed by atoms with E-state index in [2.05, 4.69) is 5.32 Å². The molecule has 2 rings (SSSR count). The Morgan fingerprint density at radius 3 is 2.39 bits per heavy atom. The van der Waals surface area contributed by atoms with Gasteiger partial charge in [0.2, 0.25) is 0 Å². The van der Waals surface area contributed by atoms with Gasteiger partial charge >= 0.3 is 0 Å². The van der Waals surface area contributed by atoms with Crippen molar-refractivity contribution in [2.75, 3.05) is 11.6 Å². The lowest BCUT2D eigenvalue weighted by molar-refractivity contribution is 0.102. The molecule has 0 saturated heterocycles. The maximum Gasteiger partial charge on any atom is 0.255 e. The van der Waals surface area contributed by atoms with E-state index < -0.39 is 9.84 Å². The van der Waals surface area contributed by atoms with Crippen LogP contribution in [-0.2, 0) is 16.3 Å². The highest BCUT2D eigenvalue weighted by atomic mass is 32.2.